The van der Waals surface area contributed by atoms with Gasteiger partial charge in [-0.25, -0.2) is 0 Å². The van der Waals surface area contributed by atoms with Gasteiger partial charge >= 0.3 is 6.18 Å². The number of hydrogen-bond acceptors (Lipinski definition) is 2. The van der Waals surface area contributed by atoms with Crippen molar-refractivity contribution in [3.8, 4) is 0 Å². The van der Waals surface area contributed by atoms with E-state index in [2.05, 4.69) is 18.7 Å². The summed E-state index contributed by atoms with van der Waals surface area (Å²) in [5.74, 6) is 0. The Labute approximate surface area is 94.4 Å². The first kappa shape index (κ1) is 13.8. The first-order valence-electron chi connectivity index (χ1n) is 5.75. The molecule has 0 radical (unpaired) electrons. The third kappa shape index (κ3) is 4.29. The zero-order chi connectivity index (χ0) is 12.4. The molecule has 1 N–H and O–H groups in total. The Morgan fingerprint density at radius 1 is 1.25 bits per heavy atom. The molecule has 1 rings (SSSR count). The van der Waals surface area contributed by atoms with Gasteiger partial charge < -0.3 is 10.0 Å². The van der Waals surface area contributed by atoms with E-state index in [0.29, 0.717) is 32.0 Å². The van der Waals surface area contributed by atoms with Crippen molar-refractivity contribution in [2.24, 2.45) is 0 Å². The van der Waals surface area contributed by atoms with Crippen LogP contribution in [0.25, 0.3) is 0 Å². The maximum Gasteiger partial charge on any atom is 0.389 e. The first-order valence-corrected chi connectivity index (χ1v) is 5.75. The molecule has 0 aliphatic carbocycles. The number of rotatable bonds is 3. The fourth-order valence-electron chi connectivity index (χ4n) is 2.08. The molecule has 1 aliphatic heterocycles. The molecule has 16 heavy (non-hydrogen) atoms. The number of alkyl halides is 3. The van der Waals surface area contributed by atoms with Crippen LogP contribution in [0.3, 0.4) is 0 Å². The lowest BCUT2D eigenvalue weighted by Gasteiger charge is -2.40. The molecule has 0 aromatic carbocycles. The van der Waals surface area contributed by atoms with Gasteiger partial charge in [0.05, 0.1) is 5.60 Å². The van der Waals surface area contributed by atoms with Gasteiger partial charge in [-0.1, -0.05) is 0 Å². The molecule has 0 aromatic heterocycles. The number of hydrogen-bond donors (Lipinski definition) is 1. The predicted molar refractivity (Wildman–Crippen MR) is 56.2 cm³/mol. The van der Waals surface area contributed by atoms with Gasteiger partial charge in [-0.3, -0.25) is 0 Å². The average Bonchev–Trinajstić information content (AvgIpc) is 2.15. The minimum absolute atomic E-state index is 0.164. The van der Waals surface area contributed by atoms with Gasteiger partial charge in [-0.05, 0) is 33.1 Å². The van der Waals surface area contributed by atoms with Gasteiger partial charge in [0.25, 0.3) is 0 Å². The van der Waals surface area contributed by atoms with Crippen LogP contribution in [0.4, 0.5) is 13.2 Å². The van der Waals surface area contributed by atoms with E-state index in [0.717, 1.165) is 0 Å². The summed E-state index contributed by atoms with van der Waals surface area (Å²) in [5.41, 5.74) is -1.11. The van der Waals surface area contributed by atoms with Crippen LogP contribution in [0, 0.1) is 0 Å². The molecule has 96 valence electrons. The average molecular weight is 239 g/mol. The number of halogens is 3. The smallest absolute Gasteiger partial charge is 0.389 e. The van der Waals surface area contributed by atoms with Crippen LogP contribution in [-0.4, -0.2) is 40.9 Å². The quantitative estimate of drug-likeness (QED) is 0.818. The standard InChI is InChI=1S/C11H20F3NO/c1-9(2)15-7-5-10(16,6-8-15)3-4-11(12,13)14/h9,16H,3-8H2,1-2H3. The van der Waals surface area contributed by atoms with Crippen molar-refractivity contribution >= 4 is 0 Å². The highest BCUT2D eigenvalue weighted by molar-refractivity contribution is 4.87. The fraction of sp³-hybridized carbons (Fsp3) is 1.00. The highest BCUT2D eigenvalue weighted by Gasteiger charge is 2.37. The van der Waals surface area contributed by atoms with Gasteiger partial charge in [0, 0.05) is 25.6 Å². The molecule has 0 aromatic rings. The molecule has 0 amide bonds. The van der Waals surface area contributed by atoms with Gasteiger partial charge in [-0.15, -0.1) is 0 Å². The van der Waals surface area contributed by atoms with E-state index in [1.54, 1.807) is 0 Å². The molecule has 1 aliphatic rings. The first-order chi connectivity index (χ1) is 7.22. The Bertz CT molecular complexity index is 220. The summed E-state index contributed by atoms with van der Waals surface area (Å²) in [6.45, 7) is 5.48. The van der Waals surface area contributed by atoms with Crippen molar-refractivity contribution in [3.05, 3.63) is 0 Å². The SMILES string of the molecule is CC(C)N1CCC(O)(CCC(F)(F)F)CC1. The molecular formula is C11H20F3NO. The third-order valence-electron chi connectivity index (χ3n) is 3.33. The van der Waals surface area contributed by atoms with Crippen LogP contribution in [-0.2, 0) is 0 Å². The molecular weight excluding hydrogens is 219 g/mol. The van der Waals surface area contributed by atoms with E-state index in [-0.39, 0.29) is 6.42 Å². The van der Waals surface area contributed by atoms with E-state index < -0.39 is 18.2 Å². The zero-order valence-electron chi connectivity index (χ0n) is 9.85. The summed E-state index contributed by atoms with van der Waals surface area (Å²) in [6.07, 6.45) is -4.32. The normalized spacial score (nSPS) is 22.7. The number of aliphatic hydroxyl groups is 1. The lowest BCUT2D eigenvalue weighted by atomic mass is 9.86. The Hall–Kier alpha value is -0.290. The highest BCUT2D eigenvalue weighted by Crippen LogP contribution is 2.32. The van der Waals surface area contributed by atoms with Crippen molar-refractivity contribution < 1.29 is 18.3 Å². The summed E-state index contributed by atoms with van der Waals surface area (Å²) < 4.78 is 36.2. The molecule has 0 saturated carbocycles. The second kappa shape index (κ2) is 4.92. The van der Waals surface area contributed by atoms with Gasteiger partial charge in [0.1, 0.15) is 0 Å². The Morgan fingerprint density at radius 3 is 2.12 bits per heavy atom. The lowest BCUT2D eigenvalue weighted by Crippen LogP contribution is -2.47. The van der Waals surface area contributed by atoms with E-state index >= 15 is 0 Å². The van der Waals surface area contributed by atoms with E-state index in [4.69, 9.17) is 0 Å². The summed E-state index contributed by atoms with van der Waals surface area (Å²) in [6, 6.07) is 0.396. The van der Waals surface area contributed by atoms with Crippen LogP contribution in [0.2, 0.25) is 0 Å². The molecule has 0 atom stereocenters. The number of piperidine rings is 1. The molecule has 1 fully saturated rings. The Morgan fingerprint density at radius 2 is 1.75 bits per heavy atom. The summed E-state index contributed by atoms with van der Waals surface area (Å²) in [7, 11) is 0. The van der Waals surface area contributed by atoms with Crippen LogP contribution in [0.15, 0.2) is 0 Å². The van der Waals surface area contributed by atoms with Crippen molar-refractivity contribution in [2.75, 3.05) is 13.1 Å². The van der Waals surface area contributed by atoms with Crippen molar-refractivity contribution in [1.29, 1.82) is 0 Å². The number of likely N-dealkylation sites (tertiary alicyclic amines) is 1. The van der Waals surface area contributed by atoms with E-state index in [1.807, 2.05) is 0 Å². The second-order valence-electron chi connectivity index (χ2n) is 4.97. The zero-order valence-corrected chi connectivity index (χ0v) is 9.85. The van der Waals surface area contributed by atoms with Crippen LogP contribution in [0.1, 0.15) is 39.5 Å². The summed E-state index contributed by atoms with van der Waals surface area (Å²) in [5, 5.41) is 10.0. The van der Waals surface area contributed by atoms with Crippen molar-refractivity contribution in [1.82, 2.24) is 4.90 Å². The largest absolute Gasteiger partial charge is 0.390 e. The van der Waals surface area contributed by atoms with Crippen LogP contribution >= 0.6 is 0 Å². The molecule has 2 nitrogen and oxygen atoms in total. The second-order valence-corrected chi connectivity index (χ2v) is 4.97. The molecule has 0 unspecified atom stereocenters. The molecule has 1 heterocycles. The maximum atomic E-state index is 12.1. The minimum atomic E-state index is -4.16. The van der Waals surface area contributed by atoms with Gasteiger partial charge in [0.2, 0.25) is 0 Å². The highest BCUT2D eigenvalue weighted by atomic mass is 19.4. The molecule has 0 spiro atoms. The Kier molecular flexibility index (Phi) is 4.23. The van der Waals surface area contributed by atoms with Gasteiger partial charge in [0.15, 0.2) is 0 Å². The maximum absolute atomic E-state index is 12.1. The predicted octanol–water partition coefficient (Wildman–Crippen LogP) is 2.56. The topological polar surface area (TPSA) is 23.5 Å². The fourth-order valence-corrected chi connectivity index (χ4v) is 2.08. The summed E-state index contributed by atoms with van der Waals surface area (Å²) in [4.78, 5) is 2.18. The monoisotopic (exact) mass is 239 g/mol. The molecule has 1 saturated heterocycles. The summed E-state index contributed by atoms with van der Waals surface area (Å²) >= 11 is 0. The van der Waals surface area contributed by atoms with Crippen molar-refractivity contribution in [2.45, 2.75) is 57.3 Å². The van der Waals surface area contributed by atoms with Crippen LogP contribution in [0.5, 0.6) is 0 Å². The molecule has 0 bridgehead atoms. The Balaban J connectivity index is 2.38. The van der Waals surface area contributed by atoms with Crippen LogP contribution < -0.4 is 0 Å². The minimum Gasteiger partial charge on any atom is -0.390 e. The van der Waals surface area contributed by atoms with Gasteiger partial charge in [-0.2, -0.15) is 13.2 Å². The van der Waals surface area contributed by atoms with E-state index in [9.17, 15) is 18.3 Å². The molecule has 5 heteroatoms. The third-order valence-corrected chi connectivity index (χ3v) is 3.33. The van der Waals surface area contributed by atoms with E-state index in [1.165, 1.54) is 0 Å². The lowest BCUT2D eigenvalue weighted by molar-refractivity contribution is -0.151. The van der Waals surface area contributed by atoms with Crippen molar-refractivity contribution in [3.63, 3.8) is 0 Å². The number of nitrogens with zero attached hydrogens (tertiary/aromatic N) is 1.